The lowest BCUT2D eigenvalue weighted by Gasteiger charge is -2.00. The number of carbonyl (C=O) groups is 1. The van der Waals surface area contributed by atoms with Crippen LogP contribution in [0.3, 0.4) is 0 Å². The monoisotopic (exact) mass is 334 g/mol. The van der Waals surface area contributed by atoms with E-state index in [1.54, 1.807) is 12.4 Å². The predicted octanol–water partition coefficient (Wildman–Crippen LogP) is 0.258. The molecule has 7 nitrogen and oxygen atoms in total. The molecule has 2 aromatic heterocycles. The summed E-state index contributed by atoms with van der Waals surface area (Å²) < 4.78 is 2.23. The van der Waals surface area contributed by atoms with E-state index in [1.807, 2.05) is 7.05 Å². The van der Waals surface area contributed by atoms with E-state index < -0.39 is 0 Å². The Morgan fingerprint density at radius 3 is 3.00 bits per heavy atom. The average Bonchev–Trinajstić information content (AvgIpc) is 2.72. The molecule has 0 unspecified atom stereocenters. The summed E-state index contributed by atoms with van der Waals surface area (Å²) >= 11 is 3.27. The minimum atomic E-state index is -0.304. The highest BCUT2D eigenvalue weighted by atomic mass is 79.9. The molecule has 0 saturated heterocycles. The Bertz CT molecular complexity index is 545. The minimum absolute atomic E-state index is 0. The quantitative estimate of drug-likeness (QED) is 0.783. The molecule has 0 aromatic carbocycles. The van der Waals surface area contributed by atoms with Gasteiger partial charge in [0.1, 0.15) is 0 Å². The van der Waals surface area contributed by atoms with Crippen molar-refractivity contribution < 1.29 is 4.79 Å². The maximum absolute atomic E-state index is 11.7. The highest BCUT2D eigenvalue weighted by Gasteiger charge is 2.12. The van der Waals surface area contributed by atoms with Crippen molar-refractivity contribution in [2.24, 2.45) is 0 Å². The maximum Gasteiger partial charge on any atom is 0.291 e. The van der Waals surface area contributed by atoms with E-state index in [2.05, 4.69) is 41.6 Å². The van der Waals surface area contributed by atoms with E-state index in [1.165, 1.54) is 4.52 Å². The Hall–Kier alpha value is -1.25. The van der Waals surface area contributed by atoms with Gasteiger partial charge in [0.25, 0.3) is 11.7 Å². The number of amides is 1. The van der Waals surface area contributed by atoms with Crippen molar-refractivity contribution in [2.75, 3.05) is 20.1 Å². The molecule has 0 spiro atoms. The molecule has 98 valence electrons. The second-order valence-electron chi connectivity index (χ2n) is 3.31. The molecule has 2 aromatic rings. The van der Waals surface area contributed by atoms with Crippen molar-refractivity contribution in [3.63, 3.8) is 0 Å². The fourth-order valence-corrected chi connectivity index (χ4v) is 1.53. The first-order chi connectivity index (χ1) is 8.20. The summed E-state index contributed by atoms with van der Waals surface area (Å²) in [6, 6.07) is 0. The predicted molar refractivity (Wildman–Crippen MR) is 72.0 cm³/mol. The van der Waals surface area contributed by atoms with Crippen LogP contribution in [0.1, 0.15) is 10.6 Å². The van der Waals surface area contributed by atoms with Gasteiger partial charge in [-0.15, -0.1) is 17.5 Å². The second kappa shape index (κ2) is 6.62. The standard InChI is InChI=1S/C9H11BrN6O.ClH/c1-11-2-3-12-8(17)7-14-9-13-4-6(10)5-16(9)15-7;/h4-5,11H,2-3H2,1H3,(H,12,17);1H. The summed E-state index contributed by atoms with van der Waals surface area (Å²) in [6.07, 6.45) is 3.30. The van der Waals surface area contributed by atoms with Crippen LogP contribution >= 0.6 is 28.3 Å². The van der Waals surface area contributed by atoms with Gasteiger partial charge in [-0.3, -0.25) is 4.79 Å². The SMILES string of the molecule is CNCCNC(=O)c1nc2ncc(Br)cn2n1.Cl. The molecule has 2 N–H and O–H groups in total. The molecule has 0 bridgehead atoms. The normalized spacial score (nSPS) is 10.1. The Morgan fingerprint density at radius 1 is 1.50 bits per heavy atom. The number of hydrogen-bond acceptors (Lipinski definition) is 5. The first kappa shape index (κ1) is 14.8. The van der Waals surface area contributed by atoms with Crippen LogP contribution in [-0.4, -0.2) is 45.6 Å². The van der Waals surface area contributed by atoms with Gasteiger partial charge in [0.15, 0.2) is 0 Å². The van der Waals surface area contributed by atoms with Crippen molar-refractivity contribution in [1.82, 2.24) is 30.2 Å². The van der Waals surface area contributed by atoms with Crippen molar-refractivity contribution >= 4 is 40.0 Å². The van der Waals surface area contributed by atoms with E-state index in [-0.39, 0.29) is 24.1 Å². The van der Waals surface area contributed by atoms with Crippen LogP contribution in [0.4, 0.5) is 0 Å². The summed E-state index contributed by atoms with van der Waals surface area (Å²) in [4.78, 5) is 19.7. The van der Waals surface area contributed by atoms with E-state index in [4.69, 9.17) is 0 Å². The number of aromatic nitrogens is 4. The zero-order chi connectivity index (χ0) is 12.3. The fraction of sp³-hybridized carbons (Fsp3) is 0.333. The molecule has 0 fully saturated rings. The highest BCUT2D eigenvalue weighted by molar-refractivity contribution is 9.10. The van der Waals surface area contributed by atoms with Crippen LogP contribution in [0, 0.1) is 0 Å². The van der Waals surface area contributed by atoms with Crippen LogP contribution in [0.5, 0.6) is 0 Å². The largest absolute Gasteiger partial charge is 0.348 e. The zero-order valence-electron chi connectivity index (χ0n) is 9.55. The lowest BCUT2D eigenvalue weighted by molar-refractivity contribution is 0.0944. The maximum atomic E-state index is 11.7. The molecule has 0 atom stereocenters. The lowest BCUT2D eigenvalue weighted by atomic mass is 10.5. The van der Waals surface area contributed by atoms with Gasteiger partial charge in [-0.2, -0.15) is 4.98 Å². The Balaban J connectivity index is 0.00000162. The fourth-order valence-electron chi connectivity index (χ4n) is 1.24. The summed E-state index contributed by atoms with van der Waals surface area (Å²) in [7, 11) is 1.82. The molecule has 18 heavy (non-hydrogen) atoms. The molecular weight excluding hydrogens is 323 g/mol. The summed E-state index contributed by atoms with van der Waals surface area (Å²) in [5.41, 5.74) is 0. The molecule has 9 heteroatoms. The first-order valence-electron chi connectivity index (χ1n) is 5.01. The van der Waals surface area contributed by atoms with Gasteiger partial charge in [0.2, 0.25) is 5.82 Å². The number of nitrogens with one attached hydrogen (secondary N) is 2. The molecule has 0 aliphatic rings. The number of likely N-dealkylation sites (N-methyl/N-ethyl adjacent to an activating group) is 1. The number of carbonyl (C=O) groups excluding carboxylic acids is 1. The minimum Gasteiger partial charge on any atom is -0.348 e. The number of hydrogen-bond donors (Lipinski definition) is 2. The number of rotatable bonds is 4. The number of halogens is 2. The van der Waals surface area contributed by atoms with Gasteiger partial charge < -0.3 is 10.6 Å². The third-order valence-electron chi connectivity index (χ3n) is 2.03. The van der Waals surface area contributed by atoms with Crippen LogP contribution in [-0.2, 0) is 0 Å². The summed E-state index contributed by atoms with van der Waals surface area (Å²) in [5, 5.41) is 9.66. The van der Waals surface area contributed by atoms with E-state index >= 15 is 0 Å². The molecule has 2 heterocycles. The van der Waals surface area contributed by atoms with E-state index in [0.717, 1.165) is 4.47 Å². The van der Waals surface area contributed by atoms with Crippen molar-refractivity contribution in [3.05, 3.63) is 22.7 Å². The van der Waals surface area contributed by atoms with Gasteiger partial charge in [-0.05, 0) is 23.0 Å². The van der Waals surface area contributed by atoms with Crippen molar-refractivity contribution in [2.45, 2.75) is 0 Å². The van der Waals surface area contributed by atoms with Crippen LogP contribution in [0.2, 0.25) is 0 Å². The zero-order valence-corrected chi connectivity index (χ0v) is 12.0. The summed E-state index contributed by atoms with van der Waals surface area (Å²) in [6.45, 7) is 1.23. The Morgan fingerprint density at radius 2 is 2.28 bits per heavy atom. The summed E-state index contributed by atoms with van der Waals surface area (Å²) in [5.74, 6) is 0.209. The van der Waals surface area contributed by atoms with Crippen LogP contribution < -0.4 is 10.6 Å². The van der Waals surface area contributed by atoms with Crippen molar-refractivity contribution in [1.29, 1.82) is 0 Å². The van der Waals surface area contributed by atoms with Crippen molar-refractivity contribution in [3.8, 4) is 0 Å². The van der Waals surface area contributed by atoms with Gasteiger partial charge >= 0.3 is 0 Å². The van der Waals surface area contributed by atoms with Gasteiger partial charge in [-0.25, -0.2) is 9.50 Å². The molecule has 0 aliphatic carbocycles. The number of fused-ring (bicyclic) bond motifs is 1. The van der Waals surface area contributed by atoms with Crippen LogP contribution in [0.15, 0.2) is 16.9 Å². The first-order valence-corrected chi connectivity index (χ1v) is 5.80. The van der Waals surface area contributed by atoms with Gasteiger partial charge in [0, 0.05) is 25.5 Å². The van der Waals surface area contributed by atoms with Crippen LogP contribution in [0.25, 0.3) is 5.78 Å². The molecule has 0 aliphatic heterocycles. The third-order valence-corrected chi connectivity index (χ3v) is 2.44. The topological polar surface area (TPSA) is 84.2 Å². The second-order valence-corrected chi connectivity index (χ2v) is 4.23. The average molecular weight is 336 g/mol. The smallest absolute Gasteiger partial charge is 0.291 e. The molecule has 0 saturated carbocycles. The molecule has 0 radical (unpaired) electrons. The third kappa shape index (κ3) is 3.37. The molecule has 2 rings (SSSR count). The lowest BCUT2D eigenvalue weighted by Crippen LogP contribution is -2.31. The van der Waals surface area contributed by atoms with Gasteiger partial charge in [0.05, 0.1) is 4.47 Å². The number of nitrogens with zero attached hydrogens (tertiary/aromatic N) is 4. The Kier molecular flexibility index (Phi) is 5.45. The highest BCUT2D eigenvalue weighted by Crippen LogP contribution is 2.07. The molecular formula is C9H12BrClN6O. The van der Waals surface area contributed by atoms with E-state index in [0.29, 0.717) is 18.9 Å². The Labute approximate surface area is 118 Å². The van der Waals surface area contributed by atoms with Gasteiger partial charge in [-0.1, -0.05) is 0 Å². The van der Waals surface area contributed by atoms with E-state index in [9.17, 15) is 4.79 Å². The molecule has 1 amide bonds.